The molecule has 2 aromatic heterocycles. The van der Waals surface area contributed by atoms with Gasteiger partial charge in [-0.2, -0.15) is 0 Å². The van der Waals surface area contributed by atoms with Crippen molar-refractivity contribution >= 4 is 5.91 Å². The quantitative estimate of drug-likeness (QED) is 0.704. The van der Waals surface area contributed by atoms with Gasteiger partial charge in [0.15, 0.2) is 0 Å². The Labute approximate surface area is 168 Å². The maximum Gasteiger partial charge on any atom is 0.271 e. The number of hydrogen-bond acceptors (Lipinski definition) is 4. The molecule has 1 aromatic carbocycles. The summed E-state index contributed by atoms with van der Waals surface area (Å²) in [5, 5.41) is 0. The number of carbonyl (C=O) groups excluding carboxylic acids is 1. The molecular weight excluding hydrogens is 366 g/mol. The van der Waals surface area contributed by atoms with E-state index < -0.39 is 0 Å². The molecule has 7 heteroatoms. The SMILES string of the molecule is Cc1ncc(C(=O)N2CCC3(CCc4c3nc(-c3ccccc3)[nH]c4=O)CC2)[nH]1. The van der Waals surface area contributed by atoms with E-state index in [9.17, 15) is 9.59 Å². The summed E-state index contributed by atoms with van der Waals surface area (Å²) in [6.07, 6.45) is 4.91. The molecule has 0 saturated carbocycles. The van der Waals surface area contributed by atoms with Crippen LogP contribution in [0.1, 0.15) is 46.8 Å². The number of carbonyl (C=O) groups is 1. The van der Waals surface area contributed by atoms with Crippen LogP contribution in [0.5, 0.6) is 0 Å². The summed E-state index contributed by atoms with van der Waals surface area (Å²) < 4.78 is 0. The first-order valence-corrected chi connectivity index (χ1v) is 10.1. The number of piperidine rings is 1. The molecule has 7 nitrogen and oxygen atoms in total. The van der Waals surface area contributed by atoms with E-state index in [-0.39, 0.29) is 16.9 Å². The van der Waals surface area contributed by atoms with Crippen LogP contribution >= 0.6 is 0 Å². The number of H-pyrrole nitrogens is 2. The highest BCUT2D eigenvalue weighted by atomic mass is 16.2. The van der Waals surface area contributed by atoms with Crippen LogP contribution in [0.3, 0.4) is 0 Å². The number of fused-ring (bicyclic) bond motifs is 2. The molecule has 1 saturated heterocycles. The molecule has 5 rings (SSSR count). The number of likely N-dealkylation sites (tertiary alicyclic amines) is 1. The lowest BCUT2D eigenvalue weighted by Crippen LogP contribution is -2.45. The van der Waals surface area contributed by atoms with E-state index in [2.05, 4.69) is 15.0 Å². The van der Waals surface area contributed by atoms with Gasteiger partial charge in [-0.3, -0.25) is 9.59 Å². The number of nitrogens with zero attached hydrogens (tertiary/aromatic N) is 3. The van der Waals surface area contributed by atoms with Crippen molar-refractivity contribution in [1.82, 2.24) is 24.8 Å². The van der Waals surface area contributed by atoms with Crippen LogP contribution in [0.25, 0.3) is 11.4 Å². The average Bonchev–Trinajstić information content (AvgIpc) is 3.33. The van der Waals surface area contributed by atoms with E-state index in [1.165, 1.54) is 0 Å². The summed E-state index contributed by atoms with van der Waals surface area (Å²) >= 11 is 0. The van der Waals surface area contributed by atoms with Gasteiger partial charge < -0.3 is 14.9 Å². The van der Waals surface area contributed by atoms with Gasteiger partial charge in [0.05, 0.1) is 11.9 Å². The highest BCUT2D eigenvalue weighted by Crippen LogP contribution is 2.44. The molecule has 3 aromatic rings. The smallest absolute Gasteiger partial charge is 0.271 e. The van der Waals surface area contributed by atoms with Crippen molar-refractivity contribution in [1.29, 1.82) is 0 Å². The molecule has 148 valence electrons. The standard InChI is InChI=1S/C22H23N5O2/c1-14-23-13-17(24-14)21(29)27-11-9-22(10-12-27)8-7-16-18(22)25-19(26-20(16)28)15-5-3-2-4-6-15/h2-6,13H,7-12H2,1H3,(H,23,24)(H,25,26,28). The minimum absolute atomic E-state index is 0.0116. The van der Waals surface area contributed by atoms with Crippen LogP contribution in [0.15, 0.2) is 41.3 Å². The molecule has 1 aliphatic carbocycles. The minimum atomic E-state index is -0.117. The Balaban J connectivity index is 1.42. The predicted molar refractivity (Wildman–Crippen MR) is 109 cm³/mol. The highest BCUT2D eigenvalue weighted by Gasteiger charge is 2.44. The molecule has 3 heterocycles. The zero-order valence-corrected chi connectivity index (χ0v) is 16.4. The number of rotatable bonds is 2. The van der Waals surface area contributed by atoms with Gasteiger partial charge in [-0.05, 0) is 32.6 Å². The number of hydrogen-bond donors (Lipinski definition) is 2. The fourth-order valence-corrected chi connectivity index (χ4v) is 4.71. The van der Waals surface area contributed by atoms with E-state index in [0.717, 1.165) is 48.3 Å². The maximum absolute atomic E-state index is 12.7. The lowest BCUT2D eigenvalue weighted by molar-refractivity contribution is 0.0658. The number of aryl methyl sites for hydroxylation is 1. The van der Waals surface area contributed by atoms with Gasteiger partial charge in [0.25, 0.3) is 11.5 Å². The lowest BCUT2D eigenvalue weighted by Gasteiger charge is -2.39. The van der Waals surface area contributed by atoms with Crippen molar-refractivity contribution in [2.24, 2.45) is 0 Å². The first kappa shape index (κ1) is 17.8. The first-order valence-electron chi connectivity index (χ1n) is 10.1. The zero-order valence-electron chi connectivity index (χ0n) is 16.4. The lowest BCUT2D eigenvalue weighted by atomic mass is 9.76. The molecule has 0 atom stereocenters. The zero-order chi connectivity index (χ0) is 20.0. The van der Waals surface area contributed by atoms with E-state index in [1.807, 2.05) is 42.2 Å². The molecular formula is C22H23N5O2. The van der Waals surface area contributed by atoms with Gasteiger partial charge in [-0.25, -0.2) is 9.97 Å². The Hall–Kier alpha value is -3.22. The first-order chi connectivity index (χ1) is 14.1. The van der Waals surface area contributed by atoms with E-state index in [4.69, 9.17) is 4.98 Å². The van der Waals surface area contributed by atoms with Crippen molar-refractivity contribution in [3.05, 3.63) is 69.7 Å². The molecule has 0 unspecified atom stereocenters. The van der Waals surface area contributed by atoms with Gasteiger partial charge in [-0.1, -0.05) is 30.3 Å². The number of aromatic amines is 2. The molecule has 0 bridgehead atoms. The Bertz CT molecular complexity index is 1120. The summed E-state index contributed by atoms with van der Waals surface area (Å²) in [6, 6.07) is 9.75. The van der Waals surface area contributed by atoms with Crippen molar-refractivity contribution < 1.29 is 4.79 Å². The number of imidazole rings is 1. The number of benzene rings is 1. The third-order valence-corrected chi connectivity index (χ3v) is 6.36. The average molecular weight is 389 g/mol. The summed E-state index contributed by atoms with van der Waals surface area (Å²) in [4.78, 5) is 42.4. The fraction of sp³-hybridized carbons (Fsp3) is 0.364. The van der Waals surface area contributed by atoms with Crippen LogP contribution in [0, 0.1) is 6.92 Å². The molecule has 1 spiro atoms. The van der Waals surface area contributed by atoms with Gasteiger partial charge in [-0.15, -0.1) is 0 Å². The van der Waals surface area contributed by atoms with Crippen LogP contribution in [0.4, 0.5) is 0 Å². The predicted octanol–water partition coefficient (Wildman–Crippen LogP) is 2.59. The second kappa shape index (κ2) is 6.69. The largest absolute Gasteiger partial charge is 0.338 e. The van der Waals surface area contributed by atoms with Gasteiger partial charge in [0, 0.05) is 29.6 Å². The summed E-state index contributed by atoms with van der Waals surface area (Å²) in [5.41, 5.74) is 3.05. The van der Waals surface area contributed by atoms with Crippen LogP contribution < -0.4 is 5.56 Å². The van der Waals surface area contributed by atoms with E-state index in [1.54, 1.807) is 6.20 Å². The van der Waals surface area contributed by atoms with Crippen LogP contribution in [-0.4, -0.2) is 43.8 Å². The van der Waals surface area contributed by atoms with Gasteiger partial charge >= 0.3 is 0 Å². The second-order valence-electron chi connectivity index (χ2n) is 8.06. The topological polar surface area (TPSA) is 94.7 Å². The number of amides is 1. The molecule has 2 N–H and O–H groups in total. The second-order valence-corrected chi connectivity index (χ2v) is 8.06. The molecule has 29 heavy (non-hydrogen) atoms. The third-order valence-electron chi connectivity index (χ3n) is 6.36. The van der Waals surface area contributed by atoms with Gasteiger partial charge in [0.1, 0.15) is 17.3 Å². The molecule has 1 aliphatic heterocycles. The number of nitrogens with one attached hydrogen (secondary N) is 2. The Morgan fingerprint density at radius 3 is 2.55 bits per heavy atom. The normalized spacial score (nSPS) is 17.5. The molecule has 2 aliphatic rings. The summed E-state index contributed by atoms with van der Waals surface area (Å²) in [6.45, 7) is 3.15. The Morgan fingerprint density at radius 1 is 1.10 bits per heavy atom. The molecule has 0 radical (unpaired) electrons. The van der Waals surface area contributed by atoms with E-state index >= 15 is 0 Å². The molecule has 1 fully saturated rings. The van der Waals surface area contributed by atoms with Crippen molar-refractivity contribution in [3.63, 3.8) is 0 Å². The third kappa shape index (κ3) is 2.97. The summed E-state index contributed by atoms with van der Waals surface area (Å²) in [7, 11) is 0. The van der Waals surface area contributed by atoms with Crippen molar-refractivity contribution in [2.45, 2.75) is 38.0 Å². The number of aromatic nitrogens is 4. The Kier molecular flexibility index (Phi) is 4.12. The van der Waals surface area contributed by atoms with Crippen molar-refractivity contribution in [2.75, 3.05) is 13.1 Å². The summed E-state index contributed by atoms with van der Waals surface area (Å²) in [5.74, 6) is 1.35. The minimum Gasteiger partial charge on any atom is -0.338 e. The van der Waals surface area contributed by atoms with Crippen LogP contribution in [0.2, 0.25) is 0 Å². The highest BCUT2D eigenvalue weighted by molar-refractivity contribution is 5.92. The van der Waals surface area contributed by atoms with E-state index in [0.29, 0.717) is 24.6 Å². The van der Waals surface area contributed by atoms with Gasteiger partial charge in [0.2, 0.25) is 0 Å². The Morgan fingerprint density at radius 2 is 1.86 bits per heavy atom. The van der Waals surface area contributed by atoms with Crippen molar-refractivity contribution in [3.8, 4) is 11.4 Å². The fourth-order valence-electron chi connectivity index (χ4n) is 4.71. The monoisotopic (exact) mass is 389 g/mol. The molecule has 1 amide bonds. The van der Waals surface area contributed by atoms with Crippen LogP contribution in [-0.2, 0) is 11.8 Å². The maximum atomic E-state index is 12.7.